The maximum Gasteiger partial charge on any atom is 0.233 e. The highest BCUT2D eigenvalue weighted by Crippen LogP contribution is 2.24. The number of carbonyl (C=O) groups is 1. The zero-order valence-corrected chi connectivity index (χ0v) is 14.2. The van der Waals surface area contributed by atoms with Crippen molar-refractivity contribution in [2.45, 2.75) is 68.8 Å². The molecular weight excluding hydrogens is 280 g/mol. The Hall–Kier alpha value is -1.00. The first kappa shape index (κ1) is 16.4. The maximum atomic E-state index is 12.1. The van der Waals surface area contributed by atoms with Gasteiger partial charge >= 0.3 is 0 Å². The quantitative estimate of drug-likeness (QED) is 0.792. The molecule has 1 aliphatic rings. The fourth-order valence-electron chi connectivity index (χ4n) is 1.96. The lowest BCUT2D eigenvalue weighted by Gasteiger charge is -2.23. The number of nitrogens with one attached hydrogen (secondary N) is 2. The molecule has 2 rings (SSSR count). The fourth-order valence-corrected chi connectivity index (χ4v) is 2.83. The topological polar surface area (TPSA) is 41.1 Å². The van der Waals surface area contributed by atoms with Crippen LogP contribution in [0.1, 0.15) is 46.1 Å². The molecule has 1 amide bonds. The SMILES string of the molecule is CC(Sc1ccc(CNC2CC2)cc1)C(=O)NC(C)(C)C. The highest BCUT2D eigenvalue weighted by Gasteiger charge is 2.21. The number of thioether (sulfide) groups is 1. The van der Waals surface area contributed by atoms with E-state index in [4.69, 9.17) is 0 Å². The minimum Gasteiger partial charge on any atom is -0.351 e. The predicted octanol–water partition coefficient (Wildman–Crippen LogP) is 3.33. The summed E-state index contributed by atoms with van der Waals surface area (Å²) in [6.45, 7) is 8.90. The molecule has 3 nitrogen and oxygen atoms in total. The minimum atomic E-state index is -0.176. The Bertz CT molecular complexity index is 475. The number of carbonyl (C=O) groups excluding carboxylic acids is 1. The maximum absolute atomic E-state index is 12.1. The van der Waals surface area contributed by atoms with Crippen molar-refractivity contribution in [2.75, 3.05) is 0 Å². The van der Waals surface area contributed by atoms with E-state index < -0.39 is 0 Å². The van der Waals surface area contributed by atoms with Crippen LogP contribution in [0.25, 0.3) is 0 Å². The number of hydrogen-bond acceptors (Lipinski definition) is 3. The largest absolute Gasteiger partial charge is 0.351 e. The van der Waals surface area contributed by atoms with Crippen LogP contribution in [0, 0.1) is 0 Å². The van der Waals surface area contributed by atoms with Crippen LogP contribution >= 0.6 is 11.8 Å². The second-order valence-corrected chi connectivity index (χ2v) is 8.21. The van der Waals surface area contributed by atoms with Gasteiger partial charge in [-0.2, -0.15) is 0 Å². The summed E-state index contributed by atoms with van der Waals surface area (Å²) in [6, 6.07) is 9.24. The molecule has 1 unspecified atom stereocenters. The molecule has 0 bridgehead atoms. The van der Waals surface area contributed by atoms with Gasteiger partial charge in [0.05, 0.1) is 5.25 Å². The molecule has 0 aliphatic heterocycles. The summed E-state index contributed by atoms with van der Waals surface area (Å²) in [5, 5.41) is 6.44. The first-order valence-corrected chi connectivity index (χ1v) is 8.52. The van der Waals surface area contributed by atoms with Gasteiger partial charge in [0, 0.05) is 23.0 Å². The Kier molecular flexibility index (Phi) is 5.33. The number of hydrogen-bond donors (Lipinski definition) is 2. The van der Waals surface area contributed by atoms with Crippen LogP contribution in [-0.4, -0.2) is 22.7 Å². The lowest BCUT2D eigenvalue weighted by Crippen LogP contribution is -2.44. The minimum absolute atomic E-state index is 0.0836. The Morgan fingerprint density at radius 3 is 2.43 bits per heavy atom. The molecule has 2 N–H and O–H groups in total. The fraction of sp³-hybridized carbons (Fsp3) is 0.588. The Balaban J connectivity index is 1.82. The summed E-state index contributed by atoms with van der Waals surface area (Å²) < 4.78 is 0. The van der Waals surface area contributed by atoms with Crippen LogP contribution in [0.5, 0.6) is 0 Å². The zero-order chi connectivity index (χ0) is 15.5. The number of benzene rings is 1. The predicted molar refractivity (Wildman–Crippen MR) is 89.5 cm³/mol. The Labute approximate surface area is 132 Å². The van der Waals surface area contributed by atoms with E-state index in [2.05, 4.69) is 34.9 Å². The summed E-state index contributed by atoms with van der Waals surface area (Å²) >= 11 is 1.61. The van der Waals surface area contributed by atoms with E-state index in [9.17, 15) is 4.79 Å². The average Bonchev–Trinajstić information content (AvgIpc) is 3.20. The molecule has 21 heavy (non-hydrogen) atoms. The number of rotatable bonds is 6. The summed E-state index contributed by atoms with van der Waals surface area (Å²) in [7, 11) is 0. The molecule has 0 radical (unpaired) electrons. The van der Waals surface area contributed by atoms with Gasteiger partial charge in [-0.15, -0.1) is 11.8 Å². The van der Waals surface area contributed by atoms with Gasteiger partial charge in [0.15, 0.2) is 0 Å². The molecule has 0 saturated heterocycles. The smallest absolute Gasteiger partial charge is 0.233 e. The molecule has 1 aromatic rings. The molecule has 4 heteroatoms. The van der Waals surface area contributed by atoms with Crippen LogP contribution < -0.4 is 10.6 Å². The normalized spacial score (nSPS) is 16.6. The molecule has 116 valence electrons. The van der Waals surface area contributed by atoms with E-state index in [-0.39, 0.29) is 16.7 Å². The van der Waals surface area contributed by atoms with Gasteiger partial charge in [-0.25, -0.2) is 0 Å². The standard InChI is InChI=1S/C17H26N2OS/c1-12(16(20)19-17(2,3)4)21-15-9-5-13(6-10-15)11-18-14-7-8-14/h5-6,9-10,12,14,18H,7-8,11H2,1-4H3,(H,19,20). The van der Waals surface area contributed by atoms with Crippen molar-refractivity contribution in [3.63, 3.8) is 0 Å². The number of amides is 1. The van der Waals surface area contributed by atoms with Crippen LogP contribution in [0.2, 0.25) is 0 Å². The van der Waals surface area contributed by atoms with Gasteiger partial charge in [-0.1, -0.05) is 12.1 Å². The molecule has 0 spiro atoms. The van der Waals surface area contributed by atoms with Crippen LogP contribution in [0.4, 0.5) is 0 Å². The van der Waals surface area contributed by atoms with Crippen molar-refractivity contribution in [1.29, 1.82) is 0 Å². The zero-order valence-electron chi connectivity index (χ0n) is 13.4. The summed E-state index contributed by atoms with van der Waals surface area (Å²) in [5.41, 5.74) is 1.13. The van der Waals surface area contributed by atoms with E-state index in [0.29, 0.717) is 0 Å². The first-order valence-electron chi connectivity index (χ1n) is 7.64. The van der Waals surface area contributed by atoms with Crippen LogP contribution in [0.3, 0.4) is 0 Å². The Morgan fingerprint density at radius 1 is 1.29 bits per heavy atom. The van der Waals surface area contributed by atoms with E-state index in [1.165, 1.54) is 18.4 Å². The molecule has 1 saturated carbocycles. The summed E-state index contributed by atoms with van der Waals surface area (Å²) in [6.07, 6.45) is 2.63. The third-order valence-electron chi connectivity index (χ3n) is 3.28. The van der Waals surface area contributed by atoms with E-state index >= 15 is 0 Å². The van der Waals surface area contributed by atoms with Crippen molar-refractivity contribution in [3.8, 4) is 0 Å². The molecule has 1 atom stereocenters. The van der Waals surface area contributed by atoms with Gasteiger partial charge in [0.1, 0.15) is 0 Å². The van der Waals surface area contributed by atoms with Crippen molar-refractivity contribution in [2.24, 2.45) is 0 Å². The molecule has 0 aromatic heterocycles. The van der Waals surface area contributed by atoms with E-state index in [1.807, 2.05) is 27.7 Å². The second kappa shape index (κ2) is 6.84. The van der Waals surface area contributed by atoms with Crippen molar-refractivity contribution in [3.05, 3.63) is 29.8 Å². The van der Waals surface area contributed by atoms with Gasteiger partial charge < -0.3 is 10.6 Å². The van der Waals surface area contributed by atoms with Crippen molar-refractivity contribution >= 4 is 17.7 Å². The van der Waals surface area contributed by atoms with Crippen LogP contribution in [0.15, 0.2) is 29.2 Å². The molecule has 1 aromatic carbocycles. The van der Waals surface area contributed by atoms with Gasteiger partial charge in [0.25, 0.3) is 0 Å². The van der Waals surface area contributed by atoms with Crippen molar-refractivity contribution < 1.29 is 4.79 Å². The van der Waals surface area contributed by atoms with Crippen molar-refractivity contribution in [1.82, 2.24) is 10.6 Å². The lowest BCUT2D eigenvalue weighted by atomic mass is 10.1. The van der Waals surface area contributed by atoms with E-state index in [1.54, 1.807) is 11.8 Å². The third-order valence-corrected chi connectivity index (χ3v) is 4.39. The third kappa shape index (κ3) is 6.10. The molecule has 0 heterocycles. The highest BCUT2D eigenvalue weighted by atomic mass is 32.2. The lowest BCUT2D eigenvalue weighted by molar-refractivity contribution is -0.121. The van der Waals surface area contributed by atoms with E-state index in [0.717, 1.165) is 17.5 Å². The Morgan fingerprint density at radius 2 is 1.90 bits per heavy atom. The average molecular weight is 306 g/mol. The van der Waals surface area contributed by atoms with Gasteiger partial charge in [-0.05, 0) is 58.2 Å². The summed E-state index contributed by atoms with van der Waals surface area (Å²) in [5.74, 6) is 0.0898. The molecule has 1 fully saturated rings. The molecular formula is C17H26N2OS. The first-order chi connectivity index (χ1) is 9.83. The second-order valence-electron chi connectivity index (χ2n) is 6.80. The van der Waals surface area contributed by atoms with Gasteiger partial charge in [0.2, 0.25) is 5.91 Å². The van der Waals surface area contributed by atoms with Crippen LogP contribution in [-0.2, 0) is 11.3 Å². The van der Waals surface area contributed by atoms with Gasteiger partial charge in [-0.3, -0.25) is 4.79 Å². The monoisotopic (exact) mass is 306 g/mol. The highest BCUT2D eigenvalue weighted by molar-refractivity contribution is 8.00. The summed E-state index contributed by atoms with van der Waals surface area (Å²) in [4.78, 5) is 13.2. The molecule has 1 aliphatic carbocycles.